The highest BCUT2D eigenvalue weighted by Crippen LogP contribution is 2.45. The normalized spacial score (nSPS) is 13.8. The third-order valence-corrected chi connectivity index (χ3v) is 9.74. The lowest BCUT2D eigenvalue weighted by Gasteiger charge is -2.12. The second-order valence-corrected chi connectivity index (χ2v) is 12.9. The molecule has 35 heavy (non-hydrogen) atoms. The zero-order valence-electron chi connectivity index (χ0n) is 19.0. The van der Waals surface area contributed by atoms with E-state index >= 15 is 0 Å². The van der Waals surface area contributed by atoms with Gasteiger partial charge in [-0.3, -0.25) is 4.79 Å². The summed E-state index contributed by atoms with van der Waals surface area (Å²) in [6, 6.07) is 20.2. The van der Waals surface area contributed by atoms with E-state index in [9.17, 15) is 4.79 Å². The van der Waals surface area contributed by atoms with Crippen LogP contribution in [0.15, 0.2) is 65.8 Å². The van der Waals surface area contributed by atoms with Crippen molar-refractivity contribution >= 4 is 80.8 Å². The van der Waals surface area contributed by atoms with E-state index in [1.807, 2.05) is 53.9 Å². The number of amides is 1. The minimum absolute atomic E-state index is 0.0928. The van der Waals surface area contributed by atoms with Crippen molar-refractivity contribution < 1.29 is 14.3 Å². The Morgan fingerprint density at radius 1 is 1.06 bits per heavy atom. The number of nitrogens with zero attached hydrogens (tertiary/aromatic N) is 1. The highest BCUT2D eigenvalue weighted by atomic mass is 127. The third kappa shape index (κ3) is 8.02. The second kappa shape index (κ2) is 13.2. The average molecular weight is 730 g/mol. The summed E-state index contributed by atoms with van der Waals surface area (Å²) in [6.07, 6.45) is 1.62. The second-order valence-electron chi connectivity index (χ2n) is 7.82. The summed E-state index contributed by atoms with van der Waals surface area (Å²) in [4.78, 5) is 12.1. The highest BCUT2D eigenvalue weighted by molar-refractivity contribution is 14.1. The van der Waals surface area contributed by atoms with Gasteiger partial charge >= 0.3 is 0 Å². The number of thioether (sulfide) groups is 2. The number of nitrogens with one attached hydrogen (secondary N) is 1. The molecule has 1 aliphatic heterocycles. The van der Waals surface area contributed by atoms with Crippen molar-refractivity contribution in [3.05, 3.63) is 90.1 Å². The minimum atomic E-state index is -0.310. The number of benzene rings is 3. The fraction of sp³-hybridized carbons (Fsp3) is 0.231. The highest BCUT2D eigenvalue weighted by Gasteiger charge is 2.18. The summed E-state index contributed by atoms with van der Waals surface area (Å²) in [7, 11) is 0. The minimum Gasteiger partial charge on any atom is -0.487 e. The number of halogens is 2. The van der Waals surface area contributed by atoms with E-state index < -0.39 is 0 Å². The first kappa shape index (κ1) is 26.6. The van der Waals surface area contributed by atoms with E-state index in [1.54, 1.807) is 6.21 Å². The van der Waals surface area contributed by atoms with Crippen LogP contribution in [0.5, 0.6) is 11.5 Å². The SMILES string of the molecule is Cc1cccc(COc2c(I)cc(/C=N\NC(=O)COc3ccc(C4SCCS4)cc3)cc2I)c1. The molecule has 1 heterocycles. The molecule has 5 nitrogen and oxygen atoms in total. The van der Waals surface area contributed by atoms with Crippen LogP contribution in [0.4, 0.5) is 0 Å². The van der Waals surface area contributed by atoms with Crippen molar-refractivity contribution in [3.63, 3.8) is 0 Å². The Hall–Kier alpha value is -1.44. The molecule has 0 spiro atoms. The maximum atomic E-state index is 12.1. The summed E-state index contributed by atoms with van der Waals surface area (Å²) in [5.74, 6) is 3.59. The number of hydrogen-bond donors (Lipinski definition) is 1. The Kier molecular flexibility index (Phi) is 10.0. The maximum Gasteiger partial charge on any atom is 0.277 e. The van der Waals surface area contributed by atoms with E-state index in [-0.39, 0.29) is 12.5 Å². The first-order chi connectivity index (χ1) is 17.0. The molecule has 1 aliphatic rings. The predicted molar refractivity (Wildman–Crippen MR) is 163 cm³/mol. The van der Waals surface area contributed by atoms with Gasteiger partial charge in [0.1, 0.15) is 18.1 Å². The Labute approximate surface area is 241 Å². The van der Waals surface area contributed by atoms with Crippen LogP contribution in [0.25, 0.3) is 0 Å². The molecule has 1 saturated heterocycles. The van der Waals surface area contributed by atoms with E-state index in [2.05, 4.69) is 93.0 Å². The lowest BCUT2D eigenvalue weighted by atomic mass is 10.1. The zero-order chi connectivity index (χ0) is 24.6. The smallest absolute Gasteiger partial charge is 0.277 e. The molecule has 0 aliphatic carbocycles. The lowest BCUT2D eigenvalue weighted by molar-refractivity contribution is -0.123. The van der Waals surface area contributed by atoms with Crippen molar-refractivity contribution in [1.82, 2.24) is 5.43 Å². The first-order valence-corrected chi connectivity index (χ1v) is 15.2. The summed E-state index contributed by atoms with van der Waals surface area (Å²) in [6.45, 7) is 2.49. The molecular weight excluding hydrogens is 706 g/mol. The molecular formula is C26H24I2N2O3S2. The number of carbonyl (C=O) groups is 1. The average Bonchev–Trinajstić information content (AvgIpc) is 3.38. The van der Waals surface area contributed by atoms with Crippen LogP contribution in [0.1, 0.15) is 26.8 Å². The van der Waals surface area contributed by atoms with Gasteiger partial charge in [0.15, 0.2) is 6.61 Å². The molecule has 0 unspecified atom stereocenters. The van der Waals surface area contributed by atoms with Crippen LogP contribution in [0.3, 0.4) is 0 Å². The standard InChI is InChI=1S/C26H24I2N2O3S2/c1-17-3-2-4-18(11-17)15-33-25-22(27)12-19(13-23(25)28)14-29-30-24(31)16-32-21-7-5-20(6-8-21)26-34-9-10-35-26/h2-8,11-14,26H,9-10,15-16H2,1H3,(H,30,31)/b29-14-. The molecule has 3 aromatic carbocycles. The molecule has 0 radical (unpaired) electrons. The summed E-state index contributed by atoms with van der Waals surface area (Å²) < 4.78 is 14.1. The van der Waals surface area contributed by atoms with Crippen molar-refractivity contribution in [1.29, 1.82) is 0 Å². The zero-order valence-corrected chi connectivity index (χ0v) is 24.9. The van der Waals surface area contributed by atoms with Crippen molar-refractivity contribution in [2.45, 2.75) is 18.1 Å². The quantitative estimate of drug-likeness (QED) is 0.149. The van der Waals surface area contributed by atoms with Crippen LogP contribution in [0.2, 0.25) is 0 Å². The lowest BCUT2D eigenvalue weighted by Crippen LogP contribution is -2.24. The van der Waals surface area contributed by atoms with Crippen LogP contribution < -0.4 is 14.9 Å². The van der Waals surface area contributed by atoms with Gasteiger partial charge in [-0.25, -0.2) is 5.43 Å². The van der Waals surface area contributed by atoms with E-state index in [4.69, 9.17) is 9.47 Å². The number of hydrazone groups is 1. The maximum absolute atomic E-state index is 12.1. The van der Waals surface area contributed by atoms with Crippen molar-refractivity contribution in [2.75, 3.05) is 18.1 Å². The molecule has 1 fully saturated rings. The van der Waals surface area contributed by atoms with Crippen LogP contribution >= 0.6 is 68.7 Å². The fourth-order valence-corrected chi connectivity index (χ4v) is 8.37. The van der Waals surface area contributed by atoms with Gasteiger partial charge in [-0.1, -0.05) is 42.0 Å². The molecule has 4 rings (SSSR count). The van der Waals surface area contributed by atoms with Crippen molar-refractivity contribution in [2.24, 2.45) is 5.10 Å². The van der Waals surface area contributed by atoms with Crippen LogP contribution in [-0.2, 0) is 11.4 Å². The Balaban J connectivity index is 1.25. The molecule has 0 bridgehead atoms. The number of hydrogen-bond acceptors (Lipinski definition) is 6. The molecule has 0 saturated carbocycles. The summed E-state index contributed by atoms with van der Waals surface area (Å²) in [5, 5.41) is 4.08. The van der Waals surface area contributed by atoms with E-state index in [0.29, 0.717) is 16.9 Å². The molecule has 0 atom stereocenters. The predicted octanol–water partition coefficient (Wildman–Crippen LogP) is 6.79. The fourth-order valence-electron chi connectivity index (χ4n) is 3.38. The van der Waals surface area contributed by atoms with Gasteiger partial charge in [0.25, 0.3) is 5.91 Å². The summed E-state index contributed by atoms with van der Waals surface area (Å²) >= 11 is 8.45. The van der Waals surface area contributed by atoms with Gasteiger partial charge in [0.05, 0.1) is 17.9 Å². The first-order valence-electron chi connectivity index (χ1n) is 10.9. The van der Waals surface area contributed by atoms with Crippen molar-refractivity contribution in [3.8, 4) is 11.5 Å². The van der Waals surface area contributed by atoms with Crippen LogP contribution in [0, 0.1) is 14.1 Å². The molecule has 1 amide bonds. The molecule has 182 valence electrons. The van der Waals surface area contributed by atoms with E-state index in [0.717, 1.165) is 24.0 Å². The summed E-state index contributed by atoms with van der Waals surface area (Å²) in [5.41, 5.74) is 7.04. The van der Waals surface area contributed by atoms with Crippen LogP contribution in [-0.4, -0.2) is 30.2 Å². The molecule has 0 aromatic heterocycles. The van der Waals surface area contributed by atoms with Gasteiger partial charge < -0.3 is 9.47 Å². The van der Waals surface area contributed by atoms with Gasteiger partial charge in [0, 0.05) is 11.5 Å². The number of aryl methyl sites for hydroxylation is 1. The Morgan fingerprint density at radius 2 is 1.77 bits per heavy atom. The van der Waals surface area contributed by atoms with Gasteiger partial charge in [0.2, 0.25) is 0 Å². The number of carbonyl (C=O) groups excluding carboxylic acids is 1. The Morgan fingerprint density at radius 3 is 2.46 bits per heavy atom. The van der Waals surface area contributed by atoms with E-state index in [1.165, 1.54) is 22.6 Å². The van der Waals surface area contributed by atoms with Gasteiger partial charge in [-0.05, 0) is 93.1 Å². The molecule has 1 N–H and O–H groups in total. The topological polar surface area (TPSA) is 59.9 Å². The molecule has 9 heteroatoms. The number of ether oxygens (including phenoxy) is 2. The Bertz CT molecular complexity index is 1180. The van der Waals surface area contributed by atoms with Gasteiger partial charge in [-0.15, -0.1) is 23.5 Å². The molecule has 3 aromatic rings. The largest absolute Gasteiger partial charge is 0.487 e. The third-order valence-electron chi connectivity index (χ3n) is 5.03. The monoisotopic (exact) mass is 730 g/mol. The van der Waals surface area contributed by atoms with Gasteiger partial charge in [-0.2, -0.15) is 5.10 Å². The number of rotatable bonds is 9.